The molecule has 1 aliphatic heterocycles. The van der Waals surface area contributed by atoms with Crippen LogP contribution in [0.1, 0.15) is 43.4 Å². The molecule has 0 spiro atoms. The van der Waals surface area contributed by atoms with Crippen LogP contribution in [0.5, 0.6) is 23.0 Å². The molecule has 190 valence electrons. The molecule has 8 nitrogen and oxygen atoms in total. The number of aryl methyl sites for hydroxylation is 1. The van der Waals surface area contributed by atoms with Crippen LogP contribution in [0.25, 0.3) is 22.3 Å². The Bertz CT molecular complexity index is 1570. The molecule has 0 unspecified atom stereocenters. The summed E-state index contributed by atoms with van der Waals surface area (Å²) in [5.41, 5.74) is 3.76. The summed E-state index contributed by atoms with van der Waals surface area (Å²) in [4.78, 5) is 18.6. The highest BCUT2D eigenvalue weighted by Gasteiger charge is 2.20. The number of benzene rings is 3. The first-order valence-corrected chi connectivity index (χ1v) is 12.2. The second-order valence-corrected chi connectivity index (χ2v) is 9.05. The van der Waals surface area contributed by atoms with E-state index in [-0.39, 0.29) is 18.3 Å². The third-order valence-electron chi connectivity index (χ3n) is 6.31. The van der Waals surface area contributed by atoms with Crippen molar-refractivity contribution in [2.45, 2.75) is 33.6 Å². The normalized spacial score (nSPS) is 12.6. The van der Waals surface area contributed by atoms with E-state index < -0.39 is 0 Å². The second kappa shape index (κ2) is 9.97. The van der Waals surface area contributed by atoms with Crippen LogP contribution in [-0.2, 0) is 0 Å². The number of hydrogen-bond acceptors (Lipinski definition) is 7. The molecule has 0 fully saturated rings. The monoisotopic (exact) mass is 499 g/mol. The van der Waals surface area contributed by atoms with Crippen LogP contribution in [0.2, 0.25) is 0 Å². The number of para-hydroxylation sites is 1. The van der Waals surface area contributed by atoms with Crippen LogP contribution in [-0.4, -0.2) is 36.4 Å². The van der Waals surface area contributed by atoms with E-state index >= 15 is 0 Å². The second-order valence-electron chi connectivity index (χ2n) is 9.05. The van der Waals surface area contributed by atoms with Crippen molar-refractivity contribution in [1.29, 1.82) is 0 Å². The van der Waals surface area contributed by atoms with E-state index in [2.05, 4.69) is 25.0 Å². The van der Waals surface area contributed by atoms with Gasteiger partial charge in [-0.3, -0.25) is 4.79 Å². The van der Waals surface area contributed by atoms with Crippen molar-refractivity contribution in [1.82, 2.24) is 9.66 Å². The molecule has 0 bridgehead atoms. The van der Waals surface area contributed by atoms with Crippen molar-refractivity contribution in [3.05, 3.63) is 75.6 Å². The standard InChI is InChI=1S/C29H29N3O5/c1-6-35-25-11-18(4)22(13-21(25)17(2)3)28-31-23-10-8-7-9-20(23)29(33)32(28)30-15-19-12-26-27(37-16-36-26)14-24(19)34-5/h7-15,17H,6,16H2,1-5H3. The van der Waals surface area contributed by atoms with Crippen LogP contribution < -0.4 is 24.5 Å². The molecular weight excluding hydrogens is 470 g/mol. The summed E-state index contributed by atoms with van der Waals surface area (Å²) in [5, 5.41) is 5.10. The Balaban J connectivity index is 1.73. The van der Waals surface area contributed by atoms with Gasteiger partial charge in [0, 0.05) is 17.2 Å². The summed E-state index contributed by atoms with van der Waals surface area (Å²) >= 11 is 0. The molecule has 0 saturated heterocycles. The summed E-state index contributed by atoms with van der Waals surface area (Å²) in [7, 11) is 1.57. The minimum absolute atomic E-state index is 0.145. The quantitative estimate of drug-likeness (QED) is 0.312. The number of nitrogens with zero attached hydrogens (tertiary/aromatic N) is 3. The minimum atomic E-state index is -0.268. The molecule has 0 atom stereocenters. The summed E-state index contributed by atoms with van der Waals surface area (Å²) in [6.45, 7) is 8.89. The summed E-state index contributed by atoms with van der Waals surface area (Å²) in [5.74, 6) is 3.24. The molecule has 0 N–H and O–H groups in total. The van der Waals surface area contributed by atoms with Crippen molar-refractivity contribution in [3.63, 3.8) is 0 Å². The number of rotatable bonds is 7. The number of aromatic nitrogens is 2. The Kier molecular flexibility index (Phi) is 6.56. The lowest BCUT2D eigenvalue weighted by molar-refractivity contribution is 0.174. The Morgan fingerprint density at radius 2 is 1.86 bits per heavy atom. The molecule has 3 aromatic carbocycles. The van der Waals surface area contributed by atoms with E-state index in [1.807, 2.05) is 38.1 Å². The maximum absolute atomic E-state index is 13.7. The lowest BCUT2D eigenvalue weighted by atomic mass is 9.96. The molecule has 8 heteroatoms. The predicted octanol–water partition coefficient (Wildman–Crippen LogP) is 5.51. The van der Waals surface area contributed by atoms with Gasteiger partial charge in [-0.2, -0.15) is 9.78 Å². The third-order valence-corrected chi connectivity index (χ3v) is 6.31. The van der Waals surface area contributed by atoms with Gasteiger partial charge in [-0.25, -0.2) is 4.98 Å². The Labute approximate surface area is 215 Å². The molecular formula is C29H29N3O5. The van der Waals surface area contributed by atoms with Crippen molar-refractivity contribution in [2.75, 3.05) is 20.5 Å². The zero-order valence-corrected chi connectivity index (χ0v) is 21.6. The van der Waals surface area contributed by atoms with Gasteiger partial charge in [-0.1, -0.05) is 26.0 Å². The van der Waals surface area contributed by atoms with Crippen LogP contribution in [0.3, 0.4) is 0 Å². The van der Waals surface area contributed by atoms with Gasteiger partial charge >= 0.3 is 0 Å². The average molecular weight is 500 g/mol. The topological polar surface area (TPSA) is 84.2 Å². The lowest BCUT2D eigenvalue weighted by Gasteiger charge is -2.18. The molecule has 0 saturated carbocycles. The Morgan fingerprint density at radius 3 is 2.59 bits per heavy atom. The number of fused-ring (bicyclic) bond motifs is 2. The number of ether oxygens (including phenoxy) is 4. The van der Waals surface area contributed by atoms with Gasteiger partial charge in [0.2, 0.25) is 6.79 Å². The van der Waals surface area contributed by atoms with Crippen molar-refractivity contribution in [3.8, 4) is 34.4 Å². The van der Waals surface area contributed by atoms with E-state index in [0.717, 1.165) is 22.4 Å². The zero-order valence-electron chi connectivity index (χ0n) is 21.6. The maximum atomic E-state index is 13.7. The average Bonchev–Trinajstić information content (AvgIpc) is 3.35. The molecule has 37 heavy (non-hydrogen) atoms. The first-order valence-electron chi connectivity index (χ1n) is 12.2. The fraction of sp³-hybridized carbons (Fsp3) is 0.276. The largest absolute Gasteiger partial charge is 0.496 e. The molecule has 0 amide bonds. The van der Waals surface area contributed by atoms with E-state index in [9.17, 15) is 4.79 Å². The molecule has 2 heterocycles. The molecule has 0 radical (unpaired) electrons. The van der Waals surface area contributed by atoms with Crippen molar-refractivity contribution >= 4 is 17.1 Å². The van der Waals surface area contributed by atoms with Crippen LogP contribution >= 0.6 is 0 Å². The number of methoxy groups -OCH3 is 1. The Hall–Kier alpha value is -4.33. The predicted molar refractivity (Wildman–Crippen MR) is 144 cm³/mol. The molecule has 0 aliphatic carbocycles. The fourth-order valence-corrected chi connectivity index (χ4v) is 4.41. The minimum Gasteiger partial charge on any atom is -0.496 e. The first kappa shape index (κ1) is 24.4. The van der Waals surface area contributed by atoms with Gasteiger partial charge in [0.1, 0.15) is 11.5 Å². The maximum Gasteiger partial charge on any atom is 0.282 e. The molecule has 1 aromatic heterocycles. The first-order chi connectivity index (χ1) is 17.9. The fourth-order valence-electron chi connectivity index (χ4n) is 4.41. The van der Waals surface area contributed by atoms with E-state index in [1.54, 1.807) is 31.5 Å². The highest BCUT2D eigenvalue weighted by atomic mass is 16.7. The number of hydrogen-bond donors (Lipinski definition) is 0. The van der Waals surface area contributed by atoms with Gasteiger partial charge in [0.15, 0.2) is 17.3 Å². The lowest BCUT2D eigenvalue weighted by Crippen LogP contribution is -2.21. The highest BCUT2D eigenvalue weighted by molar-refractivity contribution is 5.86. The highest BCUT2D eigenvalue weighted by Crippen LogP contribution is 2.38. The van der Waals surface area contributed by atoms with E-state index in [1.165, 1.54) is 4.68 Å². The summed E-state index contributed by atoms with van der Waals surface area (Å²) < 4.78 is 23.7. The van der Waals surface area contributed by atoms with Crippen LogP contribution in [0, 0.1) is 6.92 Å². The van der Waals surface area contributed by atoms with Gasteiger partial charge in [0.05, 0.1) is 30.8 Å². The Morgan fingerprint density at radius 1 is 1.11 bits per heavy atom. The van der Waals surface area contributed by atoms with E-state index in [4.69, 9.17) is 23.9 Å². The van der Waals surface area contributed by atoms with Crippen molar-refractivity contribution in [2.24, 2.45) is 5.10 Å². The third kappa shape index (κ3) is 4.50. The molecule has 4 aromatic rings. The van der Waals surface area contributed by atoms with Crippen molar-refractivity contribution < 1.29 is 18.9 Å². The van der Waals surface area contributed by atoms with Gasteiger partial charge < -0.3 is 18.9 Å². The van der Waals surface area contributed by atoms with Crippen LogP contribution in [0.15, 0.2) is 58.4 Å². The summed E-state index contributed by atoms with van der Waals surface area (Å²) in [6.07, 6.45) is 1.58. The SMILES string of the molecule is CCOc1cc(C)c(-c2nc3ccccc3c(=O)n2N=Cc2cc3c(cc2OC)OCO3)cc1C(C)C. The zero-order chi connectivity index (χ0) is 26.1. The molecule has 5 rings (SSSR count). The van der Waals surface area contributed by atoms with Gasteiger partial charge in [-0.05, 0) is 61.2 Å². The smallest absolute Gasteiger partial charge is 0.282 e. The molecule has 1 aliphatic rings. The van der Waals surface area contributed by atoms with Crippen LogP contribution in [0.4, 0.5) is 0 Å². The van der Waals surface area contributed by atoms with Gasteiger partial charge in [0.25, 0.3) is 5.56 Å². The van der Waals surface area contributed by atoms with Gasteiger partial charge in [-0.15, -0.1) is 0 Å². The van der Waals surface area contributed by atoms with E-state index in [0.29, 0.717) is 46.1 Å². The summed E-state index contributed by atoms with van der Waals surface area (Å²) in [6, 6.07) is 14.9.